The number of hydrogen-bond acceptors (Lipinski definition) is 3. The minimum absolute atomic E-state index is 0. The van der Waals surface area contributed by atoms with Gasteiger partial charge in [-0.25, -0.2) is 0 Å². The minimum Gasteiger partial charge on any atom is -0.491 e. The highest BCUT2D eigenvalue weighted by molar-refractivity contribution is 14.0. The van der Waals surface area contributed by atoms with E-state index >= 15 is 0 Å². The first-order valence-corrected chi connectivity index (χ1v) is 10.3. The number of likely N-dealkylation sites (tertiary alicyclic amines) is 1. The molecule has 172 valence electrons. The molecule has 1 aliphatic rings. The topological polar surface area (TPSA) is 48.9 Å². The Labute approximate surface area is 194 Å². The van der Waals surface area contributed by atoms with Crippen molar-refractivity contribution < 1.29 is 17.9 Å². The van der Waals surface area contributed by atoms with Crippen molar-refractivity contribution in [1.29, 1.82) is 0 Å². The van der Waals surface area contributed by atoms with Crippen molar-refractivity contribution in [2.45, 2.75) is 64.9 Å². The van der Waals surface area contributed by atoms with Crippen LogP contribution in [0.4, 0.5) is 13.2 Å². The number of piperidine rings is 1. The van der Waals surface area contributed by atoms with E-state index in [0.717, 1.165) is 45.0 Å². The van der Waals surface area contributed by atoms with E-state index in [-0.39, 0.29) is 54.0 Å². The second-order valence-electron chi connectivity index (χ2n) is 7.67. The second-order valence-corrected chi connectivity index (χ2v) is 7.67. The molecule has 0 saturated carbocycles. The molecule has 0 radical (unpaired) electrons. The lowest BCUT2D eigenvalue weighted by atomic mass is 10.0. The summed E-state index contributed by atoms with van der Waals surface area (Å²) in [7, 11) is 1.63. The van der Waals surface area contributed by atoms with Crippen molar-refractivity contribution in [2.75, 3.05) is 26.7 Å². The summed E-state index contributed by atoms with van der Waals surface area (Å²) in [4.78, 5) is 6.61. The third kappa shape index (κ3) is 8.49. The van der Waals surface area contributed by atoms with Gasteiger partial charge in [-0.1, -0.05) is 13.0 Å². The van der Waals surface area contributed by atoms with Crippen LogP contribution in [-0.2, 0) is 12.7 Å². The minimum atomic E-state index is -4.45. The van der Waals surface area contributed by atoms with Crippen LogP contribution in [0, 0.1) is 0 Å². The van der Waals surface area contributed by atoms with E-state index in [9.17, 15) is 13.2 Å². The molecule has 30 heavy (non-hydrogen) atoms. The molecule has 0 unspecified atom stereocenters. The van der Waals surface area contributed by atoms with Crippen LogP contribution in [0.15, 0.2) is 23.2 Å². The number of nitrogens with one attached hydrogen (secondary N) is 2. The number of rotatable bonds is 7. The van der Waals surface area contributed by atoms with Crippen LogP contribution in [0.1, 0.15) is 51.2 Å². The van der Waals surface area contributed by atoms with E-state index < -0.39 is 11.7 Å². The first-order chi connectivity index (χ1) is 13.7. The van der Waals surface area contributed by atoms with Gasteiger partial charge in [-0.2, -0.15) is 13.2 Å². The molecule has 1 aliphatic heterocycles. The molecule has 0 aliphatic carbocycles. The molecule has 0 aromatic heterocycles. The maximum atomic E-state index is 13.5. The van der Waals surface area contributed by atoms with E-state index in [0.29, 0.717) is 5.96 Å². The largest absolute Gasteiger partial charge is 0.491 e. The van der Waals surface area contributed by atoms with E-state index in [1.54, 1.807) is 27.0 Å². The van der Waals surface area contributed by atoms with Crippen LogP contribution in [0.25, 0.3) is 0 Å². The number of aliphatic imine (C=N–C) groups is 1. The smallest absolute Gasteiger partial charge is 0.416 e. The Morgan fingerprint density at radius 1 is 1.27 bits per heavy atom. The highest BCUT2D eigenvalue weighted by atomic mass is 127. The first-order valence-electron chi connectivity index (χ1n) is 10.3. The lowest BCUT2D eigenvalue weighted by Crippen LogP contribution is -2.48. The summed E-state index contributed by atoms with van der Waals surface area (Å²) in [6.45, 7) is 8.93. The first kappa shape index (κ1) is 26.8. The molecule has 0 spiro atoms. The highest BCUT2D eigenvalue weighted by Gasteiger charge is 2.34. The molecule has 0 bridgehead atoms. The van der Waals surface area contributed by atoms with Gasteiger partial charge in [0.2, 0.25) is 0 Å². The summed E-state index contributed by atoms with van der Waals surface area (Å²) >= 11 is 0. The van der Waals surface area contributed by atoms with Crippen LogP contribution in [0.3, 0.4) is 0 Å². The van der Waals surface area contributed by atoms with Gasteiger partial charge in [0.1, 0.15) is 5.75 Å². The maximum absolute atomic E-state index is 13.5. The molecular weight excluding hydrogens is 508 g/mol. The Morgan fingerprint density at radius 2 is 1.93 bits per heavy atom. The van der Waals surface area contributed by atoms with Gasteiger partial charge in [-0.15, -0.1) is 24.0 Å². The van der Waals surface area contributed by atoms with Gasteiger partial charge in [0.15, 0.2) is 5.96 Å². The van der Waals surface area contributed by atoms with Crippen LogP contribution < -0.4 is 15.4 Å². The molecule has 0 atom stereocenters. The Balaban J connectivity index is 0.00000450. The lowest BCUT2D eigenvalue weighted by molar-refractivity contribution is -0.138. The summed E-state index contributed by atoms with van der Waals surface area (Å²) in [6, 6.07) is 4.38. The van der Waals surface area contributed by atoms with Crippen LogP contribution in [0.2, 0.25) is 0 Å². The lowest BCUT2D eigenvalue weighted by Gasteiger charge is -2.32. The zero-order valence-electron chi connectivity index (χ0n) is 18.2. The summed E-state index contributed by atoms with van der Waals surface area (Å²) in [6.07, 6.45) is -1.50. The molecule has 2 rings (SSSR count). The zero-order valence-corrected chi connectivity index (χ0v) is 20.5. The maximum Gasteiger partial charge on any atom is 0.416 e. The predicted molar refractivity (Wildman–Crippen MR) is 126 cm³/mol. The molecule has 0 amide bonds. The standard InChI is InChI=1S/C21H33F3N4O.HI/c1-5-10-28-11-8-17(9-12-28)27-20(25-4)26-14-16-6-7-18(29-15(2)3)13-19(16)21(22,23)24;/h6-7,13,15,17H,5,8-12,14H2,1-4H3,(H2,25,26,27);1H. The molecule has 1 saturated heterocycles. The van der Waals surface area contributed by atoms with Crippen molar-refractivity contribution in [2.24, 2.45) is 4.99 Å². The van der Waals surface area contributed by atoms with Crippen LogP contribution in [-0.4, -0.2) is 49.7 Å². The fourth-order valence-corrected chi connectivity index (χ4v) is 3.50. The van der Waals surface area contributed by atoms with Crippen molar-refractivity contribution >= 4 is 29.9 Å². The van der Waals surface area contributed by atoms with E-state index in [1.165, 1.54) is 6.07 Å². The fourth-order valence-electron chi connectivity index (χ4n) is 3.50. The van der Waals surface area contributed by atoms with E-state index in [4.69, 9.17) is 4.74 Å². The molecule has 1 aromatic carbocycles. The second kappa shape index (κ2) is 12.6. The fraction of sp³-hybridized carbons (Fsp3) is 0.667. The summed E-state index contributed by atoms with van der Waals surface area (Å²) < 4.78 is 45.9. The Morgan fingerprint density at radius 3 is 2.47 bits per heavy atom. The third-order valence-electron chi connectivity index (χ3n) is 4.90. The molecular formula is C21H34F3IN4O. The number of ether oxygens (including phenoxy) is 1. The molecule has 1 heterocycles. The van der Waals surface area contributed by atoms with Crippen molar-refractivity contribution in [1.82, 2.24) is 15.5 Å². The average molecular weight is 542 g/mol. The van der Waals surface area contributed by atoms with Gasteiger partial charge in [-0.05, 0) is 57.4 Å². The van der Waals surface area contributed by atoms with Crippen LogP contribution in [0.5, 0.6) is 5.75 Å². The number of halogens is 4. The van der Waals surface area contributed by atoms with Crippen molar-refractivity contribution in [3.05, 3.63) is 29.3 Å². The molecule has 1 fully saturated rings. The Hall–Kier alpha value is -1.23. The Bertz CT molecular complexity index is 675. The van der Waals surface area contributed by atoms with Crippen molar-refractivity contribution in [3.63, 3.8) is 0 Å². The van der Waals surface area contributed by atoms with Gasteiger partial charge in [0.05, 0.1) is 11.7 Å². The number of alkyl halides is 3. The molecule has 1 aromatic rings. The average Bonchev–Trinajstić information content (AvgIpc) is 2.66. The Kier molecular flexibility index (Phi) is 11.2. The normalized spacial score (nSPS) is 16.3. The van der Waals surface area contributed by atoms with Gasteiger partial charge in [0.25, 0.3) is 0 Å². The number of hydrogen-bond donors (Lipinski definition) is 2. The van der Waals surface area contributed by atoms with Crippen molar-refractivity contribution in [3.8, 4) is 5.75 Å². The molecule has 9 heteroatoms. The summed E-state index contributed by atoms with van der Waals surface area (Å²) in [5.41, 5.74) is -0.527. The van der Waals surface area contributed by atoms with E-state index in [2.05, 4.69) is 27.4 Å². The van der Waals surface area contributed by atoms with Crippen LogP contribution >= 0.6 is 24.0 Å². The number of guanidine groups is 1. The zero-order chi connectivity index (χ0) is 21.4. The summed E-state index contributed by atoms with van der Waals surface area (Å²) in [5.74, 6) is 0.743. The number of benzene rings is 1. The quantitative estimate of drug-likeness (QED) is 0.299. The van der Waals surface area contributed by atoms with Gasteiger partial charge in [-0.3, -0.25) is 4.99 Å². The van der Waals surface area contributed by atoms with Gasteiger partial charge < -0.3 is 20.3 Å². The SMILES string of the molecule is CCCN1CCC(NC(=NC)NCc2ccc(OC(C)C)cc2C(F)(F)F)CC1.I. The highest BCUT2D eigenvalue weighted by Crippen LogP contribution is 2.34. The third-order valence-corrected chi connectivity index (χ3v) is 4.90. The molecule has 5 nitrogen and oxygen atoms in total. The predicted octanol–water partition coefficient (Wildman–Crippen LogP) is 4.65. The van der Waals surface area contributed by atoms with Gasteiger partial charge >= 0.3 is 6.18 Å². The summed E-state index contributed by atoms with van der Waals surface area (Å²) in [5, 5.41) is 6.37. The van der Waals surface area contributed by atoms with Gasteiger partial charge in [0, 0.05) is 32.7 Å². The van der Waals surface area contributed by atoms with E-state index in [1.807, 2.05) is 0 Å². The number of nitrogens with zero attached hydrogens (tertiary/aromatic N) is 2. The monoisotopic (exact) mass is 542 g/mol. The molecule has 2 N–H and O–H groups in total.